The van der Waals surface area contributed by atoms with Gasteiger partial charge in [-0.15, -0.1) is 0 Å². The minimum Gasteiger partial charge on any atom is -0.494 e. The van der Waals surface area contributed by atoms with E-state index >= 15 is 0 Å². The molecule has 2 atom stereocenters. The number of halogens is 1. The molecule has 0 aliphatic carbocycles. The van der Waals surface area contributed by atoms with Crippen LogP contribution >= 0.6 is 0 Å². The van der Waals surface area contributed by atoms with Crippen LogP contribution in [0.5, 0.6) is 5.75 Å². The van der Waals surface area contributed by atoms with Crippen LogP contribution in [0.4, 0.5) is 10.1 Å². The molecule has 0 spiro atoms. The lowest BCUT2D eigenvalue weighted by atomic mass is 9.96. The molecule has 0 saturated carbocycles. The molecule has 194 valence electrons. The quantitative estimate of drug-likeness (QED) is 0.396. The number of nitrogens with zero attached hydrogens (tertiary/aromatic N) is 2. The van der Waals surface area contributed by atoms with Crippen LogP contribution in [0.1, 0.15) is 63.8 Å². The number of rotatable bonds is 11. The average Bonchev–Trinajstić information content (AvgIpc) is 2.87. The van der Waals surface area contributed by atoms with Crippen molar-refractivity contribution in [3.63, 3.8) is 0 Å². The van der Waals surface area contributed by atoms with E-state index in [0.717, 1.165) is 11.3 Å². The van der Waals surface area contributed by atoms with Gasteiger partial charge in [-0.2, -0.15) is 5.26 Å². The lowest BCUT2D eigenvalue weighted by molar-refractivity contribution is -0.137. The monoisotopic (exact) mass is 503 g/mol. The number of anilines is 1. The Kier molecular flexibility index (Phi) is 10.8. The summed E-state index contributed by atoms with van der Waals surface area (Å²) in [6.45, 7) is 13.4. The third-order valence-corrected chi connectivity index (χ3v) is 5.80. The number of para-hydroxylation sites is 1. The predicted molar refractivity (Wildman–Crippen MR) is 147 cm³/mol. The fourth-order valence-electron chi connectivity index (χ4n) is 3.77. The van der Waals surface area contributed by atoms with Gasteiger partial charge in [-0.3, -0.25) is 0 Å². The number of carboxylic acids is 1. The first-order valence-electron chi connectivity index (χ1n) is 12.2. The minimum atomic E-state index is -1.05. The highest BCUT2D eigenvalue weighted by Crippen LogP contribution is 2.29. The summed E-state index contributed by atoms with van der Waals surface area (Å²) in [7, 11) is 0. The lowest BCUT2D eigenvalue weighted by Crippen LogP contribution is -2.37. The fraction of sp³-hybridized carbons (Fsp3) is 0.300. The molecule has 7 heteroatoms. The van der Waals surface area contributed by atoms with Crippen LogP contribution in [-0.4, -0.2) is 28.7 Å². The topological polar surface area (TPSA) is 95.2 Å². The zero-order chi connectivity index (χ0) is 27.5. The van der Waals surface area contributed by atoms with E-state index in [9.17, 15) is 19.6 Å². The Hall–Kier alpha value is -4.18. The van der Waals surface area contributed by atoms with Crippen LogP contribution in [0.2, 0.25) is 0 Å². The maximum absolute atomic E-state index is 13.5. The van der Waals surface area contributed by atoms with E-state index in [0.29, 0.717) is 28.4 Å². The Balaban J connectivity index is 2.70. The van der Waals surface area contributed by atoms with E-state index in [1.165, 1.54) is 19.1 Å². The molecular weight excluding hydrogens is 469 g/mol. The van der Waals surface area contributed by atoms with Gasteiger partial charge in [0.2, 0.25) is 0 Å². The molecule has 2 N–H and O–H groups in total. The van der Waals surface area contributed by atoms with Crippen LogP contribution < -0.4 is 20.6 Å². The van der Waals surface area contributed by atoms with E-state index in [-0.39, 0.29) is 23.6 Å². The maximum atomic E-state index is 13.5. The van der Waals surface area contributed by atoms with Crippen molar-refractivity contribution in [1.82, 2.24) is 4.98 Å². The van der Waals surface area contributed by atoms with Crippen molar-refractivity contribution in [2.75, 3.05) is 11.9 Å². The zero-order valence-electron chi connectivity index (χ0n) is 22.0. The molecule has 0 aliphatic heterocycles. The highest BCUT2D eigenvalue weighted by molar-refractivity contribution is 5.82. The van der Waals surface area contributed by atoms with Gasteiger partial charge >= 0.3 is 5.97 Å². The third-order valence-electron chi connectivity index (χ3n) is 5.80. The van der Waals surface area contributed by atoms with Crippen LogP contribution in [-0.2, 0) is 4.79 Å². The number of hydrogen-bond donors (Lipinski definition) is 2. The number of hydrogen-bond acceptors (Lipinski definition) is 5. The minimum absolute atomic E-state index is 0.00687. The summed E-state index contributed by atoms with van der Waals surface area (Å²) in [6.07, 6.45) is 8.69. The van der Waals surface area contributed by atoms with E-state index in [2.05, 4.69) is 22.9 Å². The summed E-state index contributed by atoms with van der Waals surface area (Å²) in [5.41, 5.74) is 2.45. The fourth-order valence-corrected chi connectivity index (χ4v) is 3.77. The van der Waals surface area contributed by atoms with Crippen molar-refractivity contribution < 1.29 is 19.0 Å². The number of nitrogens with one attached hydrogen (secondary N) is 1. The average molecular weight is 504 g/mol. The summed E-state index contributed by atoms with van der Waals surface area (Å²) in [4.78, 5) is 16.4. The number of benzene rings is 1. The lowest BCUT2D eigenvalue weighted by Gasteiger charge is -2.18. The molecule has 0 fully saturated rings. The smallest absolute Gasteiger partial charge is 0.326 e. The zero-order valence-corrected chi connectivity index (χ0v) is 22.0. The molecule has 2 unspecified atom stereocenters. The molecule has 37 heavy (non-hydrogen) atoms. The molecule has 0 bridgehead atoms. The molecule has 0 aliphatic rings. The SMILES string of the molecule is C=c1c(NC(CC)C(=O)O)c(C#N)c(C(/C=C\C(C)c2ccccc2OCC)=C/C)n/c1=C/C=C(\C)F. The number of aliphatic carboxylic acids is 1. The van der Waals surface area contributed by atoms with Crippen molar-refractivity contribution >= 4 is 29.9 Å². The van der Waals surface area contributed by atoms with E-state index in [1.54, 1.807) is 6.92 Å². The predicted octanol–water partition coefficient (Wildman–Crippen LogP) is 5.45. The molecule has 2 rings (SSSR count). The first kappa shape index (κ1) is 29.1. The van der Waals surface area contributed by atoms with Crippen molar-refractivity contribution in [2.24, 2.45) is 0 Å². The molecule has 0 saturated heterocycles. The van der Waals surface area contributed by atoms with Gasteiger partial charge in [0.1, 0.15) is 23.4 Å². The Labute approximate surface area is 217 Å². The molecule has 1 heterocycles. The summed E-state index contributed by atoms with van der Waals surface area (Å²) in [5.74, 6) is -0.682. The Morgan fingerprint density at radius 2 is 2.05 bits per heavy atom. The van der Waals surface area contributed by atoms with E-state index in [1.807, 2.05) is 63.3 Å². The van der Waals surface area contributed by atoms with Crippen molar-refractivity contribution in [2.45, 2.75) is 53.0 Å². The summed E-state index contributed by atoms with van der Waals surface area (Å²) < 4.78 is 19.3. The maximum Gasteiger partial charge on any atom is 0.326 e. The van der Waals surface area contributed by atoms with Crippen molar-refractivity contribution in [3.8, 4) is 11.8 Å². The number of nitriles is 1. The van der Waals surface area contributed by atoms with Gasteiger partial charge in [-0.05, 0) is 51.0 Å². The number of allylic oxidation sites excluding steroid dienone is 6. The second kappa shape index (κ2) is 13.8. The molecule has 0 amide bonds. The standard InChI is InChI=1S/C30H34FN3O3/c1-7-22(16-14-19(4)23-12-10-11-13-27(23)37-9-3)29-24(18-32)28(33-25(8-2)30(35)36)21(6)26(34-29)17-15-20(5)31/h7,10-17,19,25,33H,6,8-9H2,1-5H3,(H,35,36)/b16-14-,20-15+,22-7+,26-17+. The molecule has 1 aromatic heterocycles. The summed E-state index contributed by atoms with van der Waals surface area (Å²) >= 11 is 0. The number of pyridine rings is 1. The highest BCUT2D eigenvalue weighted by atomic mass is 19.1. The number of aromatic nitrogens is 1. The van der Waals surface area contributed by atoms with Crippen LogP contribution in [0.15, 0.2) is 54.4 Å². The largest absolute Gasteiger partial charge is 0.494 e. The molecule has 2 aromatic rings. The molecule has 6 nitrogen and oxygen atoms in total. The number of ether oxygens (including phenoxy) is 1. The Morgan fingerprint density at radius 1 is 1.35 bits per heavy atom. The van der Waals surface area contributed by atoms with Gasteiger partial charge in [0.25, 0.3) is 0 Å². The van der Waals surface area contributed by atoms with Crippen LogP contribution in [0.25, 0.3) is 18.2 Å². The van der Waals surface area contributed by atoms with Gasteiger partial charge in [-0.25, -0.2) is 14.2 Å². The first-order valence-corrected chi connectivity index (χ1v) is 12.2. The number of carbonyl (C=O) groups is 1. The van der Waals surface area contributed by atoms with Gasteiger partial charge < -0.3 is 15.2 Å². The molecule has 1 aromatic carbocycles. The molecule has 0 radical (unpaired) electrons. The number of carboxylic acid groups (broad SMARTS) is 1. The van der Waals surface area contributed by atoms with Crippen LogP contribution in [0.3, 0.4) is 0 Å². The highest BCUT2D eigenvalue weighted by Gasteiger charge is 2.21. The Morgan fingerprint density at radius 3 is 2.62 bits per heavy atom. The second-order valence-corrected chi connectivity index (χ2v) is 8.41. The molecular formula is C30H34FN3O3. The van der Waals surface area contributed by atoms with Crippen molar-refractivity contribution in [1.29, 1.82) is 5.26 Å². The summed E-state index contributed by atoms with van der Waals surface area (Å²) in [6, 6.07) is 9.04. The Bertz CT molecular complexity index is 1370. The van der Waals surface area contributed by atoms with Gasteiger partial charge in [0.15, 0.2) is 0 Å². The van der Waals surface area contributed by atoms with E-state index in [4.69, 9.17) is 4.74 Å². The third kappa shape index (κ3) is 7.40. The van der Waals surface area contributed by atoms with Gasteiger partial charge in [-0.1, -0.05) is 56.9 Å². The van der Waals surface area contributed by atoms with Crippen LogP contribution in [0, 0.1) is 11.3 Å². The van der Waals surface area contributed by atoms with Crippen molar-refractivity contribution in [3.05, 3.63) is 81.8 Å². The van der Waals surface area contributed by atoms with Gasteiger partial charge in [0, 0.05) is 16.7 Å². The van der Waals surface area contributed by atoms with Gasteiger partial charge in [0.05, 0.1) is 29.2 Å². The second-order valence-electron chi connectivity index (χ2n) is 8.41. The normalized spacial score (nSPS) is 14.4. The van der Waals surface area contributed by atoms with E-state index < -0.39 is 17.8 Å². The summed E-state index contributed by atoms with van der Waals surface area (Å²) in [5, 5.41) is 23.3. The first-order chi connectivity index (χ1) is 17.7.